The van der Waals surface area contributed by atoms with E-state index in [1.54, 1.807) is 19.4 Å². The lowest BCUT2D eigenvalue weighted by Crippen LogP contribution is -2.42. The molecule has 2 rings (SSSR count). The zero-order chi connectivity index (χ0) is 15.9. The van der Waals surface area contributed by atoms with Crippen molar-refractivity contribution in [1.29, 1.82) is 0 Å². The van der Waals surface area contributed by atoms with Crippen molar-refractivity contribution in [2.24, 2.45) is 5.92 Å². The molecule has 0 aliphatic carbocycles. The second-order valence-electron chi connectivity index (χ2n) is 6.06. The summed E-state index contributed by atoms with van der Waals surface area (Å²) in [4.78, 5) is 20.0. The van der Waals surface area contributed by atoms with E-state index in [9.17, 15) is 4.79 Å². The van der Waals surface area contributed by atoms with Gasteiger partial charge in [-0.3, -0.25) is 14.7 Å². The lowest BCUT2D eigenvalue weighted by atomic mass is 9.96. The van der Waals surface area contributed by atoms with E-state index in [1.807, 2.05) is 6.07 Å². The molecule has 122 valence electrons. The molecular formula is C16H25ClN4O. The topological polar surface area (TPSA) is 48.5 Å². The minimum atomic E-state index is 0.0999. The summed E-state index contributed by atoms with van der Waals surface area (Å²) in [7, 11) is 3.82. The summed E-state index contributed by atoms with van der Waals surface area (Å²) in [6.45, 7) is 4.43. The van der Waals surface area contributed by atoms with Gasteiger partial charge in [-0.15, -0.1) is 0 Å². The van der Waals surface area contributed by atoms with Crippen LogP contribution in [0.1, 0.15) is 18.4 Å². The summed E-state index contributed by atoms with van der Waals surface area (Å²) in [5.41, 5.74) is 1.12. The van der Waals surface area contributed by atoms with E-state index in [0.29, 0.717) is 12.5 Å². The molecule has 5 nitrogen and oxygen atoms in total. The third kappa shape index (κ3) is 5.23. The smallest absolute Gasteiger partial charge is 0.233 e. The molecular weight excluding hydrogens is 300 g/mol. The highest BCUT2D eigenvalue weighted by molar-refractivity contribution is 6.31. The molecule has 0 unspecified atom stereocenters. The number of halogens is 1. The molecule has 0 spiro atoms. The molecule has 1 amide bonds. The average Bonchev–Trinajstić information content (AvgIpc) is 2.51. The second-order valence-corrected chi connectivity index (χ2v) is 6.46. The highest BCUT2D eigenvalue weighted by atomic mass is 35.5. The Hall–Kier alpha value is -1.17. The third-order valence-electron chi connectivity index (χ3n) is 4.22. The first-order valence-corrected chi connectivity index (χ1v) is 8.16. The van der Waals surface area contributed by atoms with Gasteiger partial charge in [-0.2, -0.15) is 0 Å². The number of pyridine rings is 1. The first kappa shape index (κ1) is 17.2. The van der Waals surface area contributed by atoms with E-state index in [0.717, 1.165) is 49.6 Å². The normalized spacial score (nSPS) is 16.9. The number of likely N-dealkylation sites (N-methyl/N-ethyl adjacent to an activating group) is 1. The first-order valence-electron chi connectivity index (χ1n) is 7.78. The highest BCUT2D eigenvalue weighted by Crippen LogP contribution is 2.20. The predicted molar refractivity (Wildman–Crippen MR) is 88.8 cm³/mol. The van der Waals surface area contributed by atoms with Crippen molar-refractivity contribution in [2.75, 3.05) is 40.3 Å². The SMILES string of the molecule is CNC(=O)CN1CCC(CN(C)Cc2ccncc2Cl)CC1. The van der Waals surface area contributed by atoms with E-state index in [2.05, 4.69) is 27.1 Å². The van der Waals surface area contributed by atoms with Crippen molar-refractivity contribution >= 4 is 17.5 Å². The fraction of sp³-hybridized carbons (Fsp3) is 0.625. The quantitative estimate of drug-likeness (QED) is 0.864. The Labute approximate surface area is 137 Å². The van der Waals surface area contributed by atoms with Gasteiger partial charge < -0.3 is 10.2 Å². The molecule has 1 aromatic heterocycles. The van der Waals surface area contributed by atoms with Crippen molar-refractivity contribution in [3.8, 4) is 0 Å². The maximum Gasteiger partial charge on any atom is 0.233 e. The number of hydrogen-bond donors (Lipinski definition) is 1. The molecule has 0 saturated carbocycles. The summed E-state index contributed by atoms with van der Waals surface area (Å²) < 4.78 is 0. The summed E-state index contributed by atoms with van der Waals surface area (Å²) in [5, 5.41) is 3.41. The van der Waals surface area contributed by atoms with Crippen LogP contribution in [0.4, 0.5) is 0 Å². The number of nitrogens with one attached hydrogen (secondary N) is 1. The summed E-state index contributed by atoms with van der Waals surface area (Å²) in [6, 6.07) is 1.98. The molecule has 0 bridgehead atoms. The molecule has 1 aliphatic heterocycles. The molecule has 1 fully saturated rings. The number of nitrogens with zero attached hydrogens (tertiary/aromatic N) is 3. The Morgan fingerprint density at radius 1 is 1.50 bits per heavy atom. The minimum Gasteiger partial charge on any atom is -0.358 e. The van der Waals surface area contributed by atoms with Crippen molar-refractivity contribution in [2.45, 2.75) is 19.4 Å². The maximum absolute atomic E-state index is 11.4. The van der Waals surface area contributed by atoms with Gasteiger partial charge in [-0.1, -0.05) is 11.6 Å². The Balaban J connectivity index is 1.74. The molecule has 0 atom stereocenters. The van der Waals surface area contributed by atoms with Gasteiger partial charge in [0.25, 0.3) is 0 Å². The molecule has 1 saturated heterocycles. The van der Waals surface area contributed by atoms with Crippen molar-refractivity contribution in [3.05, 3.63) is 29.0 Å². The fourth-order valence-electron chi connectivity index (χ4n) is 2.94. The van der Waals surface area contributed by atoms with E-state index in [4.69, 9.17) is 11.6 Å². The van der Waals surface area contributed by atoms with Gasteiger partial charge in [0.1, 0.15) is 0 Å². The number of likely N-dealkylation sites (tertiary alicyclic amines) is 1. The minimum absolute atomic E-state index is 0.0999. The summed E-state index contributed by atoms with van der Waals surface area (Å²) in [6.07, 6.45) is 5.77. The van der Waals surface area contributed by atoms with Gasteiger partial charge in [0.05, 0.1) is 11.6 Å². The molecule has 0 aromatic carbocycles. The lowest BCUT2D eigenvalue weighted by Gasteiger charge is -2.33. The van der Waals surface area contributed by atoms with E-state index in [-0.39, 0.29) is 5.91 Å². The van der Waals surface area contributed by atoms with Crippen molar-refractivity contribution < 1.29 is 4.79 Å². The number of piperidine rings is 1. The lowest BCUT2D eigenvalue weighted by molar-refractivity contribution is -0.122. The standard InChI is InChI=1S/C16H25ClN4O/c1-18-16(22)12-21-7-4-13(5-8-21)10-20(2)11-14-3-6-19-9-15(14)17/h3,6,9,13H,4-5,7-8,10-12H2,1-2H3,(H,18,22). The van der Waals surface area contributed by atoms with Crippen LogP contribution in [0.2, 0.25) is 5.02 Å². The Bertz CT molecular complexity index is 489. The van der Waals surface area contributed by atoms with E-state index >= 15 is 0 Å². The van der Waals surface area contributed by atoms with Crippen LogP contribution in [-0.2, 0) is 11.3 Å². The number of carbonyl (C=O) groups is 1. The molecule has 1 aromatic rings. The maximum atomic E-state index is 11.4. The van der Waals surface area contributed by atoms with Crippen LogP contribution in [0.25, 0.3) is 0 Å². The first-order chi connectivity index (χ1) is 10.6. The number of hydrogen-bond acceptors (Lipinski definition) is 4. The van der Waals surface area contributed by atoms with Crippen molar-refractivity contribution in [3.63, 3.8) is 0 Å². The number of rotatable bonds is 6. The summed E-state index contributed by atoms with van der Waals surface area (Å²) in [5.74, 6) is 0.787. The molecule has 1 aliphatic rings. The molecule has 0 radical (unpaired) electrons. The van der Waals surface area contributed by atoms with Crippen LogP contribution in [0, 0.1) is 5.92 Å². The van der Waals surface area contributed by atoms with Crippen LogP contribution in [-0.4, -0.2) is 61.0 Å². The molecule has 2 heterocycles. The van der Waals surface area contributed by atoms with Gasteiger partial charge in [-0.05, 0) is 50.5 Å². The summed E-state index contributed by atoms with van der Waals surface area (Å²) >= 11 is 6.16. The van der Waals surface area contributed by atoms with Gasteiger partial charge >= 0.3 is 0 Å². The monoisotopic (exact) mass is 324 g/mol. The van der Waals surface area contributed by atoms with Gasteiger partial charge in [0.15, 0.2) is 0 Å². The zero-order valence-electron chi connectivity index (χ0n) is 13.4. The predicted octanol–water partition coefficient (Wildman–Crippen LogP) is 1.62. The zero-order valence-corrected chi connectivity index (χ0v) is 14.1. The molecule has 1 N–H and O–H groups in total. The van der Waals surface area contributed by atoms with Gasteiger partial charge in [0.2, 0.25) is 5.91 Å². The number of amides is 1. The number of carbonyl (C=O) groups excluding carboxylic acids is 1. The fourth-order valence-corrected chi connectivity index (χ4v) is 3.12. The highest BCUT2D eigenvalue weighted by Gasteiger charge is 2.21. The van der Waals surface area contributed by atoms with Crippen LogP contribution in [0.3, 0.4) is 0 Å². The van der Waals surface area contributed by atoms with E-state index in [1.165, 1.54) is 0 Å². The molecule has 22 heavy (non-hydrogen) atoms. The van der Waals surface area contributed by atoms with Crippen LogP contribution >= 0.6 is 11.6 Å². The number of aromatic nitrogens is 1. The van der Waals surface area contributed by atoms with Crippen LogP contribution in [0.15, 0.2) is 18.5 Å². The average molecular weight is 325 g/mol. The van der Waals surface area contributed by atoms with Gasteiger partial charge in [0, 0.05) is 32.5 Å². The Morgan fingerprint density at radius 2 is 2.23 bits per heavy atom. The van der Waals surface area contributed by atoms with Crippen LogP contribution < -0.4 is 5.32 Å². The third-order valence-corrected chi connectivity index (χ3v) is 4.56. The molecule has 6 heteroatoms. The second kappa shape index (κ2) is 8.46. The Kier molecular flexibility index (Phi) is 6.61. The Morgan fingerprint density at radius 3 is 2.86 bits per heavy atom. The van der Waals surface area contributed by atoms with Crippen LogP contribution in [0.5, 0.6) is 0 Å². The largest absolute Gasteiger partial charge is 0.358 e. The van der Waals surface area contributed by atoms with Crippen molar-refractivity contribution in [1.82, 2.24) is 20.1 Å². The van der Waals surface area contributed by atoms with E-state index < -0.39 is 0 Å². The van der Waals surface area contributed by atoms with Gasteiger partial charge in [-0.25, -0.2) is 0 Å².